The van der Waals surface area contributed by atoms with Gasteiger partial charge in [0.15, 0.2) is 0 Å². The van der Waals surface area contributed by atoms with Crippen molar-refractivity contribution in [2.75, 3.05) is 29.9 Å². The Morgan fingerprint density at radius 3 is 2.60 bits per heavy atom. The van der Waals surface area contributed by atoms with Crippen LogP contribution in [0.25, 0.3) is 10.2 Å². The van der Waals surface area contributed by atoms with Crippen LogP contribution in [0, 0.1) is 12.8 Å². The number of esters is 1. The van der Waals surface area contributed by atoms with Gasteiger partial charge in [-0.3, -0.25) is 0 Å². The fourth-order valence-corrected chi connectivity index (χ4v) is 4.76. The smallest absolute Gasteiger partial charge is 0.348 e. The van der Waals surface area contributed by atoms with Gasteiger partial charge in [0.2, 0.25) is 0 Å². The molecule has 0 bridgehead atoms. The molecule has 6 nitrogen and oxygen atoms in total. The number of nitrogens with one attached hydrogen (secondary N) is 1. The minimum atomic E-state index is -0.291. The van der Waals surface area contributed by atoms with E-state index in [-0.39, 0.29) is 5.97 Å². The summed E-state index contributed by atoms with van der Waals surface area (Å²) >= 11 is 1.36. The van der Waals surface area contributed by atoms with Gasteiger partial charge in [-0.2, -0.15) is 0 Å². The number of anilines is 3. The second-order valence-electron chi connectivity index (χ2n) is 8.17. The summed E-state index contributed by atoms with van der Waals surface area (Å²) in [6.07, 6.45) is 5.38. The summed E-state index contributed by atoms with van der Waals surface area (Å²) in [6.45, 7) is 8.64. The van der Waals surface area contributed by atoms with Gasteiger partial charge in [0.1, 0.15) is 21.9 Å². The fraction of sp³-hybridized carbons (Fsp3) is 0.435. The lowest BCUT2D eigenvalue weighted by Gasteiger charge is -2.28. The highest BCUT2D eigenvalue weighted by molar-refractivity contribution is 7.20. The highest BCUT2D eigenvalue weighted by Gasteiger charge is 2.21. The third-order valence-corrected chi connectivity index (χ3v) is 6.49. The number of ether oxygens (including phenoxy) is 1. The topological polar surface area (TPSA) is 67.3 Å². The molecule has 1 aliphatic rings. The molecule has 0 amide bonds. The molecular formula is C23H28N4O2S. The third kappa shape index (κ3) is 4.41. The average molecular weight is 425 g/mol. The van der Waals surface area contributed by atoms with Crippen LogP contribution in [-0.2, 0) is 4.74 Å². The molecule has 3 aromatic rings. The van der Waals surface area contributed by atoms with E-state index in [2.05, 4.69) is 44.5 Å². The molecule has 0 aliphatic carbocycles. The van der Waals surface area contributed by atoms with Crippen LogP contribution in [0.15, 0.2) is 30.6 Å². The molecule has 30 heavy (non-hydrogen) atoms. The molecule has 0 spiro atoms. The summed E-state index contributed by atoms with van der Waals surface area (Å²) in [4.78, 5) is 25.1. The Hall–Kier alpha value is -2.67. The number of carbonyl (C=O) groups is 1. The maximum Gasteiger partial charge on any atom is 0.348 e. The number of carbonyl (C=O) groups excluding carboxylic acids is 1. The second-order valence-corrected chi connectivity index (χ2v) is 9.17. The molecule has 0 saturated carbocycles. The molecule has 1 aromatic carbocycles. The third-order valence-electron chi connectivity index (χ3n) is 5.31. The van der Waals surface area contributed by atoms with Crippen LogP contribution in [0.4, 0.5) is 17.2 Å². The van der Waals surface area contributed by atoms with Crippen molar-refractivity contribution in [1.82, 2.24) is 9.97 Å². The van der Waals surface area contributed by atoms with Crippen molar-refractivity contribution < 1.29 is 9.53 Å². The number of hydrogen-bond donors (Lipinski definition) is 1. The molecule has 0 radical (unpaired) electrons. The molecule has 0 atom stereocenters. The summed E-state index contributed by atoms with van der Waals surface area (Å²) in [5, 5.41) is 4.28. The van der Waals surface area contributed by atoms with E-state index in [1.165, 1.54) is 42.6 Å². The molecular weight excluding hydrogens is 396 g/mol. The number of thiophene rings is 1. The van der Waals surface area contributed by atoms with E-state index < -0.39 is 0 Å². The first-order chi connectivity index (χ1) is 14.5. The molecule has 1 N–H and O–H groups in total. The summed E-state index contributed by atoms with van der Waals surface area (Å²) in [5.74, 6) is 0.719. The summed E-state index contributed by atoms with van der Waals surface area (Å²) < 4.78 is 5.43. The predicted octanol–water partition coefficient (Wildman–Crippen LogP) is 5.55. The zero-order chi connectivity index (χ0) is 21.1. The van der Waals surface area contributed by atoms with Crippen LogP contribution < -0.4 is 10.2 Å². The molecule has 0 unspecified atom stereocenters. The lowest BCUT2D eigenvalue weighted by Crippen LogP contribution is -2.29. The number of hydrogen-bond acceptors (Lipinski definition) is 7. The Morgan fingerprint density at radius 2 is 1.90 bits per heavy atom. The molecule has 1 aliphatic heterocycles. The summed E-state index contributed by atoms with van der Waals surface area (Å²) in [5.41, 5.74) is 3.08. The largest absolute Gasteiger partial charge is 0.461 e. The molecule has 1 saturated heterocycles. The van der Waals surface area contributed by atoms with Crippen molar-refractivity contribution in [3.05, 3.63) is 41.0 Å². The SMILES string of the molecule is Cc1c(C(=O)OCC(C)C)sc2ncnc(Nc3ccc(N4CCCCC4)cc3)c12. The zero-order valence-corrected chi connectivity index (χ0v) is 18.6. The molecule has 3 heterocycles. The minimum absolute atomic E-state index is 0.291. The normalized spacial score (nSPS) is 14.3. The van der Waals surface area contributed by atoms with Gasteiger partial charge in [0.05, 0.1) is 12.0 Å². The van der Waals surface area contributed by atoms with E-state index in [0.717, 1.165) is 34.6 Å². The van der Waals surface area contributed by atoms with Gasteiger partial charge < -0.3 is 15.0 Å². The van der Waals surface area contributed by atoms with Crippen LogP contribution in [0.2, 0.25) is 0 Å². The van der Waals surface area contributed by atoms with E-state index in [1.54, 1.807) is 0 Å². The Labute approximate surface area is 181 Å². The maximum absolute atomic E-state index is 12.5. The molecule has 7 heteroatoms. The lowest BCUT2D eigenvalue weighted by atomic mass is 10.1. The number of benzene rings is 1. The maximum atomic E-state index is 12.5. The van der Waals surface area contributed by atoms with Crippen molar-refractivity contribution in [3.63, 3.8) is 0 Å². The van der Waals surface area contributed by atoms with Crippen LogP contribution in [0.5, 0.6) is 0 Å². The van der Waals surface area contributed by atoms with E-state index in [4.69, 9.17) is 4.74 Å². The van der Waals surface area contributed by atoms with Crippen molar-refractivity contribution in [2.24, 2.45) is 5.92 Å². The number of fused-ring (bicyclic) bond motifs is 1. The van der Waals surface area contributed by atoms with Crippen LogP contribution in [-0.4, -0.2) is 35.6 Å². The van der Waals surface area contributed by atoms with Crippen LogP contribution in [0.3, 0.4) is 0 Å². The first-order valence-corrected chi connectivity index (χ1v) is 11.4. The fourth-order valence-electron chi connectivity index (χ4n) is 3.71. The number of aryl methyl sites for hydroxylation is 1. The molecule has 2 aromatic heterocycles. The predicted molar refractivity (Wildman–Crippen MR) is 123 cm³/mol. The quantitative estimate of drug-likeness (QED) is 0.524. The lowest BCUT2D eigenvalue weighted by molar-refractivity contribution is 0.0464. The highest BCUT2D eigenvalue weighted by Crippen LogP contribution is 2.35. The Balaban J connectivity index is 1.56. The number of piperidine rings is 1. The van der Waals surface area contributed by atoms with Gasteiger partial charge >= 0.3 is 5.97 Å². The van der Waals surface area contributed by atoms with Crippen LogP contribution >= 0.6 is 11.3 Å². The number of rotatable bonds is 6. The van der Waals surface area contributed by atoms with Gasteiger partial charge in [0, 0.05) is 24.5 Å². The van der Waals surface area contributed by atoms with Crippen molar-refractivity contribution in [3.8, 4) is 0 Å². The average Bonchev–Trinajstić information content (AvgIpc) is 3.11. The van der Waals surface area contributed by atoms with E-state index in [9.17, 15) is 4.79 Å². The Bertz CT molecular complexity index is 1020. The number of aromatic nitrogens is 2. The molecule has 4 rings (SSSR count). The number of nitrogens with zero attached hydrogens (tertiary/aromatic N) is 3. The summed E-state index contributed by atoms with van der Waals surface area (Å²) in [6, 6.07) is 8.47. The molecule has 158 valence electrons. The van der Waals surface area contributed by atoms with Gasteiger partial charge in [-0.05, 0) is 61.9 Å². The van der Waals surface area contributed by atoms with Crippen molar-refractivity contribution in [2.45, 2.75) is 40.0 Å². The first kappa shape index (κ1) is 20.6. The standard InChI is InChI=1S/C23H28N4O2S/c1-15(2)13-29-23(28)20-16(3)19-21(24-14-25-22(19)30-20)26-17-7-9-18(10-8-17)27-11-5-4-6-12-27/h7-10,14-15H,4-6,11-13H2,1-3H3,(H,24,25,26). The zero-order valence-electron chi connectivity index (χ0n) is 17.8. The second kappa shape index (κ2) is 9.00. The summed E-state index contributed by atoms with van der Waals surface area (Å²) in [7, 11) is 0. The Kier molecular flexibility index (Phi) is 6.18. The highest BCUT2D eigenvalue weighted by atomic mass is 32.1. The van der Waals surface area contributed by atoms with Crippen molar-refractivity contribution >= 4 is 44.7 Å². The molecule has 1 fully saturated rings. The van der Waals surface area contributed by atoms with Gasteiger partial charge in [-0.1, -0.05) is 13.8 Å². The minimum Gasteiger partial charge on any atom is -0.461 e. The van der Waals surface area contributed by atoms with E-state index >= 15 is 0 Å². The van der Waals surface area contributed by atoms with Crippen LogP contribution in [0.1, 0.15) is 48.3 Å². The van der Waals surface area contributed by atoms with E-state index in [0.29, 0.717) is 23.2 Å². The van der Waals surface area contributed by atoms with Crippen molar-refractivity contribution in [1.29, 1.82) is 0 Å². The first-order valence-electron chi connectivity index (χ1n) is 10.6. The monoisotopic (exact) mass is 424 g/mol. The van der Waals surface area contributed by atoms with E-state index in [1.807, 2.05) is 20.8 Å². The van der Waals surface area contributed by atoms with Gasteiger partial charge in [0.25, 0.3) is 0 Å². The van der Waals surface area contributed by atoms with Gasteiger partial charge in [-0.25, -0.2) is 14.8 Å². The van der Waals surface area contributed by atoms with Gasteiger partial charge in [-0.15, -0.1) is 11.3 Å². The Morgan fingerprint density at radius 1 is 1.17 bits per heavy atom.